The molecule has 5 heteroatoms. The van der Waals surface area contributed by atoms with Crippen molar-refractivity contribution in [3.63, 3.8) is 0 Å². The SMILES string of the molecule is Cc1cc(C)n(C2CCN(Cc3cccc(Cn4cccn4)c3)C2)n1. The van der Waals surface area contributed by atoms with Crippen LogP contribution in [0.5, 0.6) is 0 Å². The van der Waals surface area contributed by atoms with Crippen molar-refractivity contribution in [2.45, 2.75) is 39.4 Å². The zero-order chi connectivity index (χ0) is 17.2. The van der Waals surface area contributed by atoms with Gasteiger partial charge in [-0.05, 0) is 43.5 Å². The molecule has 1 atom stereocenters. The second kappa shape index (κ2) is 6.84. The van der Waals surface area contributed by atoms with Gasteiger partial charge in [0, 0.05) is 37.7 Å². The number of rotatable bonds is 5. The molecular weight excluding hydrogens is 310 g/mol. The number of hydrogen-bond donors (Lipinski definition) is 0. The zero-order valence-electron chi connectivity index (χ0n) is 15.0. The highest BCUT2D eigenvalue weighted by atomic mass is 15.3. The molecule has 3 heterocycles. The van der Waals surface area contributed by atoms with Gasteiger partial charge in [-0.25, -0.2) is 0 Å². The molecule has 0 amide bonds. The molecule has 1 saturated heterocycles. The third-order valence-electron chi connectivity index (χ3n) is 4.94. The largest absolute Gasteiger partial charge is 0.297 e. The van der Waals surface area contributed by atoms with Gasteiger partial charge in [0.05, 0.1) is 18.3 Å². The van der Waals surface area contributed by atoms with E-state index in [1.165, 1.54) is 23.2 Å². The van der Waals surface area contributed by atoms with Gasteiger partial charge < -0.3 is 0 Å². The third kappa shape index (κ3) is 3.66. The summed E-state index contributed by atoms with van der Waals surface area (Å²) in [4.78, 5) is 2.54. The fourth-order valence-electron chi connectivity index (χ4n) is 3.84. The molecule has 0 spiro atoms. The van der Waals surface area contributed by atoms with E-state index in [0.717, 1.165) is 31.9 Å². The highest BCUT2D eigenvalue weighted by molar-refractivity contribution is 5.24. The van der Waals surface area contributed by atoms with Crippen molar-refractivity contribution in [1.82, 2.24) is 24.5 Å². The lowest BCUT2D eigenvalue weighted by Crippen LogP contribution is -2.22. The zero-order valence-corrected chi connectivity index (χ0v) is 15.0. The first-order valence-corrected chi connectivity index (χ1v) is 8.98. The number of likely N-dealkylation sites (tertiary alicyclic amines) is 1. The maximum absolute atomic E-state index is 4.67. The molecule has 130 valence electrons. The summed E-state index contributed by atoms with van der Waals surface area (Å²) in [5, 5.41) is 8.96. The smallest absolute Gasteiger partial charge is 0.0661 e. The number of nitrogens with zero attached hydrogens (tertiary/aromatic N) is 5. The van der Waals surface area contributed by atoms with Gasteiger partial charge in [-0.3, -0.25) is 14.3 Å². The van der Waals surface area contributed by atoms with Gasteiger partial charge in [-0.15, -0.1) is 0 Å². The van der Waals surface area contributed by atoms with E-state index in [0.29, 0.717) is 6.04 Å². The molecule has 0 N–H and O–H groups in total. The fraction of sp³-hybridized carbons (Fsp3) is 0.400. The van der Waals surface area contributed by atoms with Crippen LogP contribution in [0.2, 0.25) is 0 Å². The first kappa shape index (κ1) is 16.1. The Hall–Kier alpha value is -2.40. The van der Waals surface area contributed by atoms with Crippen molar-refractivity contribution in [3.8, 4) is 0 Å². The Morgan fingerprint density at radius 2 is 1.92 bits per heavy atom. The lowest BCUT2D eigenvalue weighted by Gasteiger charge is -2.17. The Kier molecular flexibility index (Phi) is 4.40. The predicted octanol–water partition coefficient (Wildman–Crippen LogP) is 3.19. The van der Waals surface area contributed by atoms with E-state index in [2.05, 4.69) is 64.0 Å². The van der Waals surface area contributed by atoms with Crippen LogP contribution in [0.4, 0.5) is 0 Å². The average Bonchev–Trinajstić information content (AvgIpc) is 3.30. The number of aryl methyl sites for hydroxylation is 2. The summed E-state index contributed by atoms with van der Waals surface area (Å²) in [7, 11) is 0. The summed E-state index contributed by atoms with van der Waals surface area (Å²) >= 11 is 0. The van der Waals surface area contributed by atoms with E-state index in [4.69, 9.17) is 0 Å². The summed E-state index contributed by atoms with van der Waals surface area (Å²) in [6.45, 7) is 8.26. The maximum Gasteiger partial charge on any atom is 0.0661 e. The molecule has 0 radical (unpaired) electrons. The van der Waals surface area contributed by atoms with Crippen molar-refractivity contribution in [3.05, 3.63) is 71.3 Å². The van der Waals surface area contributed by atoms with Crippen LogP contribution in [0.1, 0.15) is 35.0 Å². The van der Waals surface area contributed by atoms with Gasteiger partial charge >= 0.3 is 0 Å². The highest BCUT2D eigenvalue weighted by Crippen LogP contribution is 2.24. The minimum atomic E-state index is 0.501. The van der Waals surface area contributed by atoms with Crippen LogP contribution < -0.4 is 0 Å². The van der Waals surface area contributed by atoms with Gasteiger partial charge in [0.2, 0.25) is 0 Å². The van der Waals surface area contributed by atoms with Gasteiger partial charge in [0.25, 0.3) is 0 Å². The van der Waals surface area contributed by atoms with E-state index >= 15 is 0 Å². The van der Waals surface area contributed by atoms with Crippen LogP contribution in [-0.2, 0) is 13.1 Å². The molecule has 1 aromatic carbocycles. The van der Waals surface area contributed by atoms with Crippen LogP contribution in [0.15, 0.2) is 48.8 Å². The van der Waals surface area contributed by atoms with Crippen molar-refractivity contribution < 1.29 is 0 Å². The molecule has 1 fully saturated rings. The summed E-state index contributed by atoms with van der Waals surface area (Å²) < 4.78 is 4.18. The second-order valence-electron chi connectivity index (χ2n) is 7.07. The molecule has 0 saturated carbocycles. The Labute approximate surface area is 148 Å². The van der Waals surface area contributed by atoms with Gasteiger partial charge in [-0.1, -0.05) is 24.3 Å². The normalized spacial score (nSPS) is 18.1. The first-order chi connectivity index (χ1) is 12.2. The maximum atomic E-state index is 4.67. The molecule has 2 aromatic heterocycles. The fourth-order valence-corrected chi connectivity index (χ4v) is 3.84. The van der Waals surface area contributed by atoms with Crippen LogP contribution in [0.3, 0.4) is 0 Å². The molecule has 3 aromatic rings. The Balaban J connectivity index is 1.40. The summed E-state index contributed by atoms with van der Waals surface area (Å²) in [6.07, 6.45) is 5.01. The Morgan fingerprint density at radius 1 is 1.08 bits per heavy atom. The first-order valence-electron chi connectivity index (χ1n) is 8.98. The minimum absolute atomic E-state index is 0.501. The van der Waals surface area contributed by atoms with E-state index in [9.17, 15) is 0 Å². The van der Waals surface area contributed by atoms with Gasteiger partial charge in [-0.2, -0.15) is 10.2 Å². The molecule has 5 nitrogen and oxygen atoms in total. The number of aromatic nitrogens is 4. The Morgan fingerprint density at radius 3 is 2.64 bits per heavy atom. The van der Waals surface area contributed by atoms with E-state index < -0.39 is 0 Å². The molecule has 25 heavy (non-hydrogen) atoms. The summed E-state index contributed by atoms with van der Waals surface area (Å²) in [5.74, 6) is 0. The van der Waals surface area contributed by atoms with Crippen molar-refractivity contribution in [2.75, 3.05) is 13.1 Å². The standard InChI is InChI=1S/C20H25N5/c1-16-11-17(2)25(22-16)20-7-10-23(15-20)13-18-5-3-6-19(12-18)14-24-9-4-8-21-24/h3-6,8-9,11-12,20H,7,10,13-15H2,1-2H3. The summed E-state index contributed by atoms with van der Waals surface area (Å²) in [5.41, 5.74) is 5.06. The van der Waals surface area contributed by atoms with Gasteiger partial charge in [0.1, 0.15) is 0 Å². The van der Waals surface area contributed by atoms with Crippen LogP contribution in [0, 0.1) is 13.8 Å². The molecule has 4 rings (SSSR count). The highest BCUT2D eigenvalue weighted by Gasteiger charge is 2.25. The summed E-state index contributed by atoms with van der Waals surface area (Å²) in [6, 6.07) is 13.5. The van der Waals surface area contributed by atoms with Crippen LogP contribution in [-0.4, -0.2) is 37.6 Å². The molecule has 0 aliphatic carbocycles. The molecule has 1 unspecified atom stereocenters. The van der Waals surface area contributed by atoms with E-state index in [1.807, 2.05) is 23.1 Å². The lowest BCUT2D eigenvalue weighted by atomic mass is 10.1. The third-order valence-corrected chi connectivity index (χ3v) is 4.94. The minimum Gasteiger partial charge on any atom is -0.297 e. The lowest BCUT2D eigenvalue weighted by molar-refractivity contribution is 0.310. The Bertz CT molecular complexity index is 834. The van der Waals surface area contributed by atoms with Crippen molar-refractivity contribution in [2.24, 2.45) is 0 Å². The van der Waals surface area contributed by atoms with Crippen LogP contribution in [0.25, 0.3) is 0 Å². The van der Waals surface area contributed by atoms with E-state index in [1.54, 1.807) is 0 Å². The van der Waals surface area contributed by atoms with Crippen molar-refractivity contribution in [1.29, 1.82) is 0 Å². The van der Waals surface area contributed by atoms with E-state index in [-0.39, 0.29) is 0 Å². The monoisotopic (exact) mass is 335 g/mol. The quantitative estimate of drug-likeness (QED) is 0.719. The van der Waals surface area contributed by atoms with Crippen LogP contribution >= 0.6 is 0 Å². The van der Waals surface area contributed by atoms with Gasteiger partial charge in [0.15, 0.2) is 0 Å². The topological polar surface area (TPSA) is 38.9 Å². The molecule has 1 aliphatic heterocycles. The molecular formula is C20H25N5. The molecule has 1 aliphatic rings. The molecule has 0 bridgehead atoms. The number of benzene rings is 1. The second-order valence-corrected chi connectivity index (χ2v) is 7.07. The predicted molar refractivity (Wildman–Crippen MR) is 98.4 cm³/mol. The van der Waals surface area contributed by atoms with Crippen molar-refractivity contribution >= 4 is 0 Å². The number of hydrogen-bond acceptors (Lipinski definition) is 3. The average molecular weight is 335 g/mol.